The van der Waals surface area contributed by atoms with Crippen LogP contribution in [0.1, 0.15) is 56.3 Å². The number of benzene rings is 1. The molecule has 1 N–H and O–H groups in total. The van der Waals surface area contributed by atoms with Crippen molar-refractivity contribution >= 4 is 22.8 Å². The van der Waals surface area contributed by atoms with Crippen molar-refractivity contribution in [2.24, 2.45) is 0 Å². The van der Waals surface area contributed by atoms with Gasteiger partial charge in [0.15, 0.2) is 0 Å². The van der Waals surface area contributed by atoms with Gasteiger partial charge in [0.25, 0.3) is 0 Å². The fourth-order valence-electron chi connectivity index (χ4n) is 3.68. The number of ether oxygens (including phenoxy) is 2. The molecule has 1 aromatic carbocycles. The Hall–Kier alpha value is -3.02. The third kappa shape index (κ3) is 3.23. The van der Waals surface area contributed by atoms with Gasteiger partial charge in [-0.3, -0.25) is 0 Å². The molecular formula is C21H21NO5. The molecule has 0 saturated heterocycles. The lowest BCUT2D eigenvalue weighted by atomic mass is 9.95. The molecule has 0 unspecified atom stereocenters. The molecule has 0 atom stereocenters. The number of carbonyl (C=O) groups excluding carboxylic acids is 2. The van der Waals surface area contributed by atoms with E-state index in [0.29, 0.717) is 22.6 Å². The van der Waals surface area contributed by atoms with E-state index >= 15 is 0 Å². The van der Waals surface area contributed by atoms with E-state index in [1.165, 1.54) is 31.2 Å². The number of rotatable bonds is 4. The van der Waals surface area contributed by atoms with E-state index < -0.39 is 11.9 Å². The summed E-state index contributed by atoms with van der Waals surface area (Å²) in [6, 6.07) is 7.13. The first-order valence-corrected chi connectivity index (χ1v) is 9.05. The molecule has 2 aromatic heterocycles. The lowest BCUT2D eigenvalue weighted by Gasteiger charge is -2.10. The zero-order chi connectivity index (χ0) is 19.0. The van der Waals surface area contributed by atoms with E-state index in [2.05, 4.69) is 4.98 Å². The van der Waals surface area contributed by atoms with Crippen LogP contribution in [0.15, 0.2) is 28.7 Å². The SMILES string of the molecule is COC(=O)c1cc(COC(=O)c2ccc3[nH]c4c(c3c2)CCCC4)oc1C. The summed E-state index contributed by atoms with van der Waals surface area (Å²) >= 11 is 0. The Morgan fingerprint density at radius 3 is 2.78 bits per heavy atom. The van der Waals surface area contributed by atoms with Crippen LogP contribution in [0.3, 0.4) is 0 Å². The van der Waals surface area contributed by atoms with Crippen molar-refractivity contribution in [3.05, 3.63) is 58.2 Å². The average Bonchev–Trinajstić information content (AvgIpc) is 3.25. The van der Waals surface area contributed by atoms with E-state index in [0.717, 1.165) is 23.7 Å². The van der Waals surface area contributed by atoms with Crippen LogP contribution in [0.4, 0.5) is 0 Å². The number of hydrogen-bond acceptors (Lipinski definition) is 5. The predicted molar refractivity (Wildman–Crippen MR) is 98.8 cm³/mol. The van der Waals surface area contributed by atoms with Crippen molar-refractivity contribution in [2.45, 2.75) is 39.2 Å². The second-order valence-corrected chi connectivity index (χ2v) is 6.80. The molecule has 6 nitrogen and oxygen atoms in total. The van der Waals surface area contributed by atoms with Gasteiger partial charge < -0.3 is 18.9 Å². The van der Waals surface area contributed by atoms with Gasteiger partial charge >= 0.3 is 11.9 Å². The molecule has 4 rings (SSSR count). The van der Waals surface area contributed by atoms with Crippen LogP contribution in [-0.4, -0.2) is 24.0 Å². The molecule has 0 amide bonds. The zero-order valence-electron chi connectivity index (χ0n) is 15.4. The fraction of sp³-hybridized carbons (Fsp3) is 0.333. The summed E-state index contributed by atoms with van der Waals surface area (Å²) in [5, 5.41) is 1.10. The highest BCUT2D eigenvalue weighted by atomic mass is 16.5. The topological polar surface area (TPSA) is 81.5 Å². The molecule has 3 aromatic rings. The third-order valence-corrected chi connectivity index (χ3v) is 5.05. The number of aromatic amines is 1. The second kappa shape index (κ2) is 6.95. The fourth-order valence-corrected chi connectivity index (χ4v) is 3.68. The monoisotopic (exact) mass is 367 g/mol. The van der Waals surface area contributed by atoms with Crippen molar-refractivity contribution in [1.29, 1.82) is 0 Å². The Bertz CT molecular complexity index is 1030. The van der Waals surface area contributed by atoms with E-state index in [9.17, 15) is 9.59 Å². The largest absolute Gasteiger partial charge is 0.465 e. The summed E-state index contributed by atoms with van der Waals surface area (Å²) in [6.07, 6.45) is 4.47. The Balaban J connectivity index is 1.51. The van der Waals surface area contributed by atoms with Gasteiger partial charge in [-0.1, -0.05) is 0 Å². The van der Waals surface area contributed by atoms with Crippen LogP contribution in [0.2, 0.25) is 0 Å². The molecule has 1 aliphatic rings. The second-order valence-electron chi connectivity index (χ2n) is 6.80. The van der Waals surface area contributed by atoms with Crippen LogP contribution in [0.5, 0.6) is 0 Å². The lowest BCUT2D eigenvalue weighted by Crippen LogP contribution is -2.05. The third-order valence-electron chi connectivity index (χ3n) is 5.05. The van der Waals surface area contributed by atoms with Crippen LogP contribution in [0, 0.1) is 6.92 Å². The Morgan fingerprint density at radius 2 is 1.96 bits per heavy atom. The Labute approximate surface area is 156 Å². The van der Waals surface area contributed by atoms with Crippen LogP contribution in [-0.2, 0) is 28.9 Å². The maximum atomic E-state index is 12.5. The Morgan fingerprint density at radius 1 is 1.15 bits per heavy atom. The smallest absolute Gasteiger partial charge is 0.341 e. The normalized spacial score (nSPS) is 13.4. The van der Waals surface area contributed by atoms with Gasteiger partial charge in [0.2, 0.25) is 0 Å². The summed E-state index contributed by atoms with van der Waals surface area (Å²) in [7, 11) is 1.31. The molecule has 0 saturated carbocycles. The lowest BCUT2D eigenvalue weighted by molar-refractivity contribution is 0.0444. The van der Waals surface area contributed by atoms with Gasteiger partial charge in [-0.05, 0) is 62.4 Å². The van der Waals surface area contributed by atoms with Gasteiger partial charge in [0, 0.05) is 16.6 Å². The van der Waals surface area contributed by atoms with E-state index in [4.69, 9.17) is 13.9 Å². The number of aryl methyl sites for hydroxylation is 3. The van der Waals surface area contributed by atoms with Gasteiger partial charge in [0.05, 0.1) is 12.7 Å². The molecule has 1 aliphatic carbocycles. The number of furan rings is 1. The number of H-pyrrole nitrogens is 1. The van der Waals surface area contributed by atoms with Crippen LogP contribution < -0.4 is 0 Å². The highest BCUT2D eigenvalue weighted by Crippen LogP contribution is 2.30. The molecule has 2 heterocycles. The van der Waals surface area contributed by atoms with Crippen molar-refractivity contribution in [3.63, 3.8) is 0 Å². The molecular weight excluding hydrogens is 346 g/mol. The number of aromatic nitrogens is 1. The van der Waals surface area contributed by atoms with Crippen molar-refractivity contribution in [1.82, 2.24) is 4.98 Å². The Kier molecular flexibility index (Phi) is 4.48. The number of esters is 2. The summed E-state index contributed by atoms with van der Waals surface area (Å²) in [5.74, 6) is -0.0533. The summed E-state index contributed by atoms with van der Waals surface area (Å²) in [6.45, 7) is 1.63. The minimum absolute atomic E-state index is 0.0417. The molecule has 27 heavy (non-hydrogen) atoms. The van der Waals surface area contributed by atoms with Crippen LogP contribution >= 0.6 is 0 Å². The number of carbonyl (C=O) groups is 2. The summed E-state index contributed by atoms with van der Waals surface area (Å²) in [4.78, 5) is 27.6. The van der Waals surface area contributed by atoms with E-state index in [1.54, 1.807) is 19.1 Å². The summed E-state index contributed by atoms with van der Waals surface area (Å²) < 4.78 is 15.5. The van der Waals surface area contributed by atoms with Crippen molar-refractivity contribution in [2.75, 3.05) is 7.11 Å². The maximum Gasteiger partial charge on any atom is 0.341 e. The molecule has 140 valence electrons. The quantitative estimate of drug-likeness (QED) is 0.702. The first-order chi connectivity index (χ1) is 13.1. The summed E-state index contributed by atoms with van der Waals surface area (Å²) in [5.41, 5.74) is 4.50. The molecule has 0 fully saturated rings. The molecule has 0 aliphatic heterocycles. The highest BCUT2D eigenvalue weighted by Gasteiger charge is 2.19. The zero-order valence-corrected chi connectivity index (χ0v) is 15.4. The van der Waals surface area contributed by atoms with E-state index in [1.807, 2.05) is 12.1 Å². The minimum Gasteiger partial charge on any atom is -0.465 e. The van der Waals surface area contributed by atoms with E-state index in [-0.39, 0.29) is 6.61 Å². The first kappa shape index (κ1) is 17.4. The number of hydrogen-bond donors (Lipinski definition) is 1. The van der Waals surface area contributed by atoms with Gasteiger partial charge in [-0.15, -0.1) is 0 Å². The maximum absolute atomic E-state index is 12.5. The first-order valence-electron chi connectivity index (χ1n) is 9.05. The van der Waals surface area contributed by atoms with Crippen molar-refractivity contribution in [3.8, 4) is 0 Å². The number of fused-ring (bicyclic) bond motifs is 3. The van der Waals surface area contributed by atoms with Gasteiger partial charge in [0.1, 0.15) is 23.7 Å². The van der Waals surface area contributed by atoms with Gasteiger partial charge in [-0.2, -0.15) is 0 Å². The van der Waals surface area contributed by atoms with Gasteiger partial charge in [-0.25, -0.2) is 9.59 Å². The average molecular weight is 367 g/mol. The molecule has 0 spiro atoms. The number of nitrogens with one attached hydrogen (secondary N) is 1. The highest BCUT2D eigenvalue weighted by molar-refractivity contribution is 5.96. The van der Waals surface area contributed by atoms with Crippen molar-refractivity contribution < 1.29 is 23.5 Å². The predicted octanol–water partition coefficient (Wildman–Crippen LogP) is 4.09. The molecule has 6 heteroatoms. The van der Waals surface area contributed by atoms with Crippen LogP contribution in [0.25, 0.3) is 10.9 Å². The number of methoxy groups -OCH3 is 1. The standard InChI is InChI=1S/C21H21NO5/c1-12-16(21(24)25-2)10-14(27-12)11-26-20(23)13-7-8-19-17(9-13)15-5-3-4-6-18(15)22-19/h7-10,22H,3-6,11H2,1-2H3. The molecule has 0 radical (unpaired) electrons. The minimum atomic E-state index is -0.475. The molecule has 0 bridgehead atoms.